The lowest BCUT2D eigenvalue weighted by Crippen LogP contribution is -2.38. The van der Waals surface area contributed by atoms with Gasteiger partial charge in [0.25, 0.3) is 0 Å². The molecule has 1 heterocycles. The normalized spacial score (nSPS) is 12.7. The van der Waals surface area contributed by atoms with E-state index < -0.39 is 0 Å². The van der Waals surface area contributed by atoms with Gasteiger partial charge in [-0.25, -0.2) is 0 Å². The Kier molecular flexibility index (Phi) is 8.70. The van der Waals surface area contributed by atoms with Crippen molar-refractivity contribution in [2.24, 2.45) is 10.7 Å². The fraction of sp³-hybridized carbons (Fsp3) is 0.538. The van der Waals surface area contributed by atoms with Crippen LogP contribution in [0.15, 0.2) is 23.5 Å². The number of nitrogens with zero attached hydrogens (tertiary/aromatic N) is 2. The lowest BCUT2D eigenvalue weighted by Gasteiger charge is -2.11. The average molecular weight is 362 g/mol. The summed E-state index contributed by atoms with van der Waals surface area (Å²) in [4.78, 5) is 8.38. The minimum atomic E-state index is 0. The van der Waals surface area contributed by atoms with Crippen molar-refractivity contribution in [3.63, 3.8) is 0 Å². The van der Waals surface area contributed by atoms with E-state index in [0.29, 0.717) is 18.5 Å². The molecule has 4 nitrogen and oxygen atoms in total. The minimum absolute atomic E-state index is 0. The number of guanidine groups is 1. The van der Waals surface area contributed by atoms with Gasteiger partial charge in [0, 0.05) is 25.0 Å². The van der Waals surface area contributed by atoms with Gasteiger partial charge < -0.3 is 11.1 Å². The van der Waals surface area contributed by atoms with E-state index >= 15 is 0 Å². The maximum Gasteiger partial charge on any atom is 0.188 e. The van der Waals surface area contributed by atoms with Gasteiger partial charge in [0.1, 0.15) is 0 Å². The third kappa shape index (κ3) is 6.18. The highest BCUT2D eigenvalue weighted by atomic mass is 127. The van der Waals surface area contributed by atoms with Gasteiger partial charge in [0.15, 0.2) is 5.96 Å². The molecule has 0 aliphatic carbocycles. The largest absolute Gasteiger partial charge is 0.370 e. The third-order valence-electron chi connectivity index (χ3n) is 2.81. The number of hydrogen-bond donors (Lipinski definition) is 2. The van der Waals surface area contributed by atoms with Gasteiger partial charge in [-0.15, -0.1) is 24.0 Å². The predicted octanol–water partition coefficient (Wildman–Crippen LogP) is 2.25. The smallest absolute Gasteiger partial charge is 0.188 e. The number of rotatable bonds is 5. The molecule has 0 bridgehead atoms. The quantitative estimate of drug-likeness (QED) is 0.480. The number of halogens is 1. The fourth-order valence-electron chi connectivity index (χ4n) is 1.48. The molecule has 0 radical (unpaired) electrons. The Labute approximate surface area is 126 Å². The molecule has 1 unspecified atom stereocenters. The zero-order valence-electron chi connectivity index (χ0n) is 11.3. The van der Waals surface area contributed by atoms with Crippen LogP contribution < -0.4 is 11.1 Å². The van der Waals surface area contributed by atoms with Crippen LogP contribution in [0.5, 0.6) is 0 Å². The molecule has 0 saturated heterocycles. The number of aliphatic imine (C=N–C) groups is 1. The summed E-state index contributed by atoms with van der Waals surface area (Å²) in [6.07, 6.45) is 5.63. The zero-order chi connectivity index (χ0) is 12.7. The molecule has 102 valence electrons. The lowest BCUT2D eigenvalue weighted by atomic mass is 10.1. The molecule has 18 heavy (non-hydrogen) atoms. The maximum absolute atomic E-state index is 5.78. The van der Waals surface area contributed by atoms with Crippen molar-refractivity contribution in [2.75, 3.05) is 6.54 Å². The molecule has 1 atom stereocenters. The molecule has 3 N–H and O–H groups in total. The van der Waals surface area contributed by atoms with Crippen molar-refractivity contribution >= 4 is 29.9 Å². The highest BCUT2D eigenvalue weighted by Gasteiger charge is 1.99. The summed E-state index contributed by atoms with van der Waals surface area (Å²) in [7, 11) is 0. The Morgan fingerprint density at radius 2 is 2.28 bits per heavy atom. The lowest BCUT2D eigenvalue weighted by molar-refractivity contribution is 0.636. The number of aromatic nitrogens is 1. The summed E-state index contributed by atoms with van der Waals surface area (Å²) in [5.41, 5.74) is 8.26. The molecule has 1 aromatic rings. The second-order valence-electron chi connectivity index (χ2n) is 4.27. The SMILES string of the molecule is CCC(C)NC(N)=NCCc1ccncc1C.I. The Bertz CT molecular complexity index is 379. The number of hydrogen-bond acceptors (Lipinski definition) is 2. The number of nitrogens with one attached hydrogen (secondary N) is 1. The fourth-order valence-corrected chi connectivity index (χ4v) is 1.48. The molecule has 1 aromatic heterocycles. The number of pyridine rings is 1. The van der Waals surface area contributed by atoms with Crippen LogP contribution in [-0.4, -0.2) is 23.5 Å². The van der Waals surface area contributed by atoms with Gasteiger partial charge >= 0.3 is 0 Å². The summed E-state index contributed by atoms with van der Waals surface area (Å²) >= 11 is 0. The van der Waals surface area contributed by atoms with Gasteiger partial charge in [-0.2, -0.15) is 0 Å². The second kappa shape index (κ2) is 9.13. The Balaban J connectivity index is 0.00000289. The van der Waals surface area contributed by atoms with Crippen LogP contribution in [0, 0.1) is 6.92 Å². The highest BCUT2D eigenvalue weighted by Crippen LogP contribution is 2.05. The maximum atomic E-state index is 5.78. The Morgan fingerprint density at radius 3 is 2.89 bits per heavy atom. The van der Waals surface area contributed by atoms with E-state index in [9.17, 15) is 0 Å². The monoisotopic (exact) mass is 362 g/mol. The first-order chi connectivity index (χ1) is 8.13. The van der Waals surface area contributed by atoms with E-state index in [4.69, 9.17) is 5.73 Å². The van der Waals surface area contributed by atoms with Crippen LogP contribution in [0.1, 0.15) is 31.4 Å². The zero-order valence-corrected chi connectivity index (χ0v) is 13.6. The van der Waals surface area contributed by atoms with Crippen LogP contribution in [-0.2, 0) is 6.42 Å². The van der Waals surface area contributed by atoms with Crippen LogP contribution in [0.2, 0.25) is 0 Å². The molecule has 0 saturated carbocycles. The topological polar surface area (TPSA) is 63.3 Å². The third-order valence-corrected chi connectivity index (χ3v) is 2.81. The van der Waals surface area contributed by atoms with Crippen molar-refractivity contribution in [3.8, 4) is 0 Å². The summed E-state index contributed by atoms with van der Waals surface area (Å²) < 4.78 is 0. The summed E-state index contributed by atoms with van der Waals surface area (Å²) in [5.74, 6) is 0.533. The van der Waals surface area contributed by atoms with E-state index in [1.807, 2.05) is 18.5 Å². The van der Waals surface area contributed by atoms with Gasteiger partial charge in [0.2, 0.25) is 0 Å². The molecular formula is C13H23IN4. The van der Waals surface area contributed by atoms with Gasteiger partial charge in [-0.05, 0) is 43.9 Å². The first-order valence-electron chi connectivity index (χ1n) is 6.09. The van der Waals surface area contributed by atoms with Crippen LogP contribution in [0.4, 0.5) is 0 Å². The summed E-state index contributed by atoms with van der Waals surface area (Å²) in [6.45, 7) is 6.98. The van der Waals surface area contributed by atoms with E-state index in [1.54, 1.807) is 0 Å². The molecule has 1 rings (SSSR count). The van der Waals surface area contributed by atoms with E-state index in [0.717, 1.165) is 12.8 Å². The number of aryl methyl sites for hydroxylation is 1. The van der Waals surface area contributed by atoms with E-state index in [1.165, 1.54) is 11.1 Å². The first-order valence-corrected chi connectivity index (χ1v) is 6.09. The van der Waals surface area contributed by atoms with Crippen molar-refractivity contribution in [1.82, 2.24) is 10.3 Å². The standard InChI is InChI=1S/C13H22N4.HI/c1-4-11(3)17-13(14)16-8-6-12-5-7-15-9-10(12)2;/h5,7,9,11H,4,6,8H2,1-3H3,(H3,14,16,17);1H. The predicted molar refractivity (Wildman–Crippen MR) is 87.5 cm³/mol. The number of nitrogens with two attached hydrogens (primary N) is 1. The summed E-state index contributed by atoms with van der Waals surface area (Å²) in [6, 6.07) is 2.41. The molecule has 0 amide bonds. The first kappa shape index (κ1) is 17.2. The molecule has 0 aliphatic rings. The molecular weight excluding hydrogens is 339 g/mol. The van der Waals surface area contributed by atoms with Gasteiger partial charge in [0.05, 0.1) is 0 Å². The molecule has 0 aromatic carbocycles. The van der Waals surface area contributed by atoms with Crippen molar-refractivity contribution < 1.29 is 0 Å². The molecule has 0 aliphatic heterocycles. The van der Waals surface area contributed by atoms with E-state index in [2.05, 4.69) is 36.1 Å². The van der Waals surface area contributed by atoms with Crippen LogP contribution in [0.3, 0.4) is 0 Å². The van der Waals surface area contributed by atoms with Gasteiger partial charge in [-0.1, -0.05) is 6.92 Å². The van der Waals surface area contributed by atoms with Crippen LogP contribution >= 0.6 is 24.0 Å². The van der Waals surface area contributed by atoms with Crippen molar-refractivity contribution in [1.29, 1.82) is 0 Å². The molecule has 5 heteroatoms. The average Bonchev–Trinajstić information content (AvgIpc) is 2.31. The Morgan fingerprint density at radius 1 is 1.56 bits per heavy atom. The molecule has 0 spiro atoms. The summed E-state index contributed by atoms with van der Waals surface area (Å²) in [5, 5.41) is 3.15. The van der Waals surface area contributed by atoms with Crippen LogP contribution in [0.25, 0.3) is 0 Å². The van der Waals surface area contributed by atoms with Crippen molar-refractivity contribution in [3.05, 3.63) is 29.6 Å². The Hall–Kier alpha value is -0.850. The van der Waals surface area contributed by atoms with E-state index in [-0.39, 0.29) is 24.0 Å². The minimum Gasteiger partial charge on any atom is -0.370 e. The van der Waals surface area contributed by atoms with Crippen molar-refractivity contribution in [2.45, 2.75) is 39.7 Å². The second-order valence-corrected chi connectivity index (χ2v) is 4.27. The molecule has 0 fully saturated rings. The van der Waals surface area contributed by atoms with Gasteiger partial charge in [-0.3, -0.25) is 9.98 Å². The highest BCUT2D eigenvalue weighted by molar-refractivity contribution is 14.0.